The number of halogens is 6. The van der Waals surface area contributed by atoms with E-state index in [2.05, 4.69) is 51.9 Å². The van der Waals surface area contributed by atoms with Gasteiger partial charge < -0.3 is 30.3 Å². The fraction of sp³-hybridized carbons (Fsp3) is 0.323. The first-order valence-electron chi connectivity index (χ1n) is 14.0. The zero-order chi connectivity index (χ0) is 34.6. The molecule has 0 radical (unpaired) electrons. The highest BCUT2D eigenvalue weighted by molar-refractivity contribution is 5.94. The standard InChI is InChI=1S/C27H29N3O3.2C2HF3O2/c31-27(24-8-9-25-26(16-24)33-19-32-25)29-17-20-4-1-6-22(14-20)23-7-2-5-21(15-23)18-30-12-3-10-28-11-13-30;2*3-2(4,5)1(6)7/h1-2,4-9,14-16,28H,3,10-13,17-19H2,(H,29,31);2*(H,6,7). The number of aliphatic carboxylic acids is 2. The molecule has 0 spiro atoms. The lowest BCUT2D eigenvalue weighted by atomic mass is 10.0. The molecule has 1 fully saturated rings. The maximum Gasteiger partial charge on any atom is 0.490 e. The van der Waals surface area contributed by atoms with Gasteiger partial charge in [-0.15, -0.1) is 0 Å². The fourth-order valence-corrected chi connectivity index (χ4v) is 4.35. The molecule has 4 N–H and O–H groups in total. The number of fused-ring (bicyclic) bond motifs is 1. The van der Waals surface area contributed by atoms with Crippen molar-refractivity contribution in [2.45, 2.75) is 31.9 Å². The van der Waals surface area contributed by atoms with Crippen LogP contribution in [0.2, 0.25) is 0 Å². The Kier molecular flexibility index (Phi) is 13.0. The second-order valence-corrected chi connectivity index (χ2v) is 10.1. The summed E-state index contributed by atoms with van der Waals surface area (Å²) in [7, 11) is 0. The number of carbonyl (C=O) groups is 3. The van der Waals surface area contributed by atoms with E-state index in [1.807, 2.05) is 12.1 Å². The number of rotatable bonds is 6. The van der Waals surface area contributed by atoms with E-state index in [1.165, 1.54) is 17.5 Å². The van der Waals surface area contributed by atoms with Crippen LogP contribution in [0.3, 0.4) is 0 Å². The minimum absolute atomic E-state index is 0.132. The highest BCUT2D eigenvalue weighted by Gasteiger charge is 2.38. The van der Waals surface area contributed by atoms with E-state index in [-0.39, 0.29) is 12.7 Å². The molecule has 0 aliphatic carbocycles. The number of carboxylic acid groups (broad SMARTS) is 2. The lowest BCUT2D eigenvalue weighted by Crippen LogP contribution is -2.27. The van der Waals surface area contributed by atoms with Crippen molar-refractivity contribution in [3.05, 3.63) is 83.4 Å². The average molecular weight is 672 g/mol. The number of amides is 1. The van der Waals surface area contributed by atoms with E-state index in [1.54, 1.807) is 18.2 Å². The number of carbonyl (C=O) groups excluding carboxylic acids is 1. The molecule has 254 valence electrons. The van der Waals surface area contributed by atoms with Gasteiger partial charge in [-0.2, -0.15) is 26.3 Å². The van der Waals surface area contributed by atoms with Crippen LogP contribution in [-0.2, 0) is 22.7 Å². The third-order valence-electron chi connectivity index (χ3n) is 6.60. The Hall–Kier alpha value is -4.83. The molecular weight excluding hydrogens is 640 g/mol. The predicted octanol–water partition coefficient (Wildman–Crippen LogP) is 5.07. The first-order valence-corrected chi connectivity index (χ1v) is 14.0. The van der Waals surface area contributed by atoms with E-state index >= 15 is 0 Å². The molecule has 2 aliphatic heterocycles. The molecule has 10 nitrogen and oxygen atoms in total. The minimum atomic E-state index is -5.08. The summed E-state index contributed by atoms with van der Waals surface area (Å²) in [5.74, 6) is -4.36. The number of benzene rings is 3. The topological polar surface area (TPSA) is 137 Å². The van der Waals surface area contributed by atoms with Crippen LogP contribution in [-0.4, -0.2) is 78.3 Å². The lowest BCUT2D eigenvalue weighted by molar-refractivity contribution is -0.193. The van der Waals surface area contributed by atoms with Crippen LogP contribution in [0.1, 0.15) is 27.9 Å². The van der Waals surface area contributed by atoms with Gasteiger partial charge in [0.25, 0.3) is 5.91 Å². The highest BCUT2D eigenvalue weighted by atomic mass is 19.4. The summed E-state index contributed by atoms with van der Waals surface area (Å²) in [5.41, 5.74) is 5.31. The molecule has 0 aromatic heterocycles. The Morgan fingerprint density at radius 2 is 1.34 bits per heavy atom. The number of nitrogens with one attached hydrogen (secondary N) is 2. The normalized spacial score (nSPS) is 14.4. The number of alkyl halides is 6. The van der Waals surface area contributed by atoms with Gasteiger partial charge in [0.2, 0.25) is 6.79 Å². The second kappa shape index (κ2) is 16.6. The number of nitrogens with zero attached hydrogens (tertiary/aromatic N) is 1. The largest absolute Gasteiger partial charge is 0.490 e. The Labute approximate surface area is 264 Å². The van der Waals surface area contributed by atoms with Gasteiger partial charge >= 0.3 is 24.3 Å². The Morgan fingerprint density at radius 1 is 0.766 bits per heavy atom. The van der Waals surface area contributed by atoms with Crippen LogP contribution in [0.5, 0.6) is 11.5 Å². The summed E-state index contributed by atoms with van der Waals surface area (Å²) in [6, 6.07) is 22.4. The monoisotopic (exact) mass is 671 g/mol. The first kappa shape index (κ1) is 36.6. The van der Waals surface area contributed by atoms with E-state index in [4.69, 9.17) is 29.3 Å². The van der Waals surface area contributed by atoms with Gasteiger partial charge in [0.05, 0.1) is 0 Å². The van der Waals surface area contributed by atoms with Crippen molar-refractivity contribution in [1.29, 1.82) is 0 Å². The molecule has 47 heavy (non-hydrogen) atoms. The molecule has 1 saturated heterocycles. The summed E-state index contributed by atoms with van der Waals surface area (Å²) < 4.78 is 74.2. The highest BCUT2D eigenvalue weighted by Crippen LogP contribution is 2.32. The Bertz CT molecular complexity index is 1500. The van der Waals surface area contributed by atoms with Crippen LogP contribution in [0, 0.1) is 0 Å². The van der Waals surface area contributed by atoms with Crippen LogP contribution in [0.15, 0.2) is 66.7 Å². The van der Waals surface area contributed by atoms with Crippen molar-refractivity contribution in [3.8, 4) is 22.6 Å². The maximum atomic E-state index is 12.6. The van der Waals surface area contributed by atoms with E-state index in [9.17, 15) is 31.1 Å². The molecule has 0 unspecified atom stereocenters. The van der Waals surface area contributed by atoms with Crippen molar-refractivity contribution in [1.82, 2.24) is 15.5 Å². The van der Waals surface area contributed by atoms with E-state index < -0.39 is 24.3 Å². The molecular formula is C31H31F6N3O7. The zero-order valence-electron chi connectivity index (χ0n) is 24.7. The Morgan fingerprint density at radius 3 is 1.96 bits per heavy atom. The van der Waals surface area contributed by atoms with Crippen molar-refractivity contribution < 1.29 is 60.4 Å². The van der Waals surface area contributed by atoms with Crippen LogP contribution in [0.4, 0.5) is 26.3 Å². The summed E-state index contributed by atoms with van der Waals surface area (Å²) in [6.07, 6.45) is -8.97. The van der Waals surface area contributed by atoms with Crippen molar-refractivity contribution >= 4 is 17.8 Å². The number of carboxylic acids is 2. The molecule has 2 aliphatic rings. The maximum absolute atomic E-state index is 12.6. The van der Waals surface area contributed by atoms with Gasteiger partial charge in [-0.1, -0.05) is 36.4 Å². The van der Waals surface area contributed by atoms with Crippen LogP contribution < -0.4 is 20.1 Å². The minimum Gasteiger partial charge on any atom is -0.475 e. The fourth-order valence-electron chi connectivity index (χ4n) is 4.35. The third-order valence-corrected chi connectivity index (χ3v) is 6.60. The smallest absolute Gasteiger partial charge is 0.475 e. The van der Waals surface area contributed by atoms with E-state index in [0.29, 0.717) is 23.6 Å². The summed E-state index contributed by atoms with van der Waals surface area (Å²) in [5, 5.41) is 20.7. The quantitative estimate of drug-likeness (QED) is 0.265. The molecule has 0 saturated carbocycles. The van der Waals surface area contributed by atoms with Gasteiger partial charge in [0.1, 0.15) is 0 Å². The summed E-state index contributed by atoms with van der Waals surface area (Å²) >= 11 is 0. The second-order valence-electron chi connectivity index (χ2n) is 10.1. The SMILES string of the molecule is O=C(NCc1cccc(-c2cccc(CN3CCCNCC3)c2)c1)c1ccc2c(c1)OCO2.O=C(O)C(F)(F)F.O=C(O)C(F)(F)F. The molecule has 16 heteroatoms. The molecule has 0 atom stereocenters. The molecule has 5 rings (SSSR count). The van der Waals surface area contributed by atoms with Crippen molar-refractivity contribution in [3.63, 3.8) is 0 Å². The van der Waals surface area contributed by atoms with Crippen LogP contribution >= 0.6 is 0 Å². The number of hydrogen-bond donors (Lipinski definition) is 4. The molecule has 1 amide bonds. The first-order chi connectivity index (χ1) is 22.1. The molecule has 2 heterocycles. The lowest BCUT2D eigenvalue weighted by Gasteiger charge is -2.19. The summed E-state index contributed by atoms with van der Waals surface area (Å²) in [6.45, 7) is 6.01. The van der Waals surface area contributed by atoms with Crippen molar-refractivity contribution in [2.24, 2.45) is 0 Å². The zero-order valence-corrected chi connectivity index (χ0v) is 24.7. The average Bonchev–Trinajstić information content (AvgIpc) is 3.35. The van der Waals surface area contributed by atoms with Crippen LogP contribution in [0.25, 0.3) is 11.1 Å². The molecule has 0 bridgehead atoms. The van der Waals surface area contributed by atoms with Gasteiger partial charge in [-0.25, -0.2) is 9.59 Å². The number of ether oxygens (including phenoxy) is 2. The van der Waals surface area contributed by atoms with Gasteiger partial charge in [0.15, 0.2) is 11.5 Å². The van der Waals surface area contributed by atoms with Gasteiger partial charge in [-0.05, 0) is 72.1 Å². The van der Waals surface area contributed by atoms with Gasteiger partial charge in [0, 0.05) is 31.7 Å². The van der Waals surface area contributed by atoms with Crippen molar-refractivity contribution in [2.75, 3.05) is 33.0 Å². The Balaban J connectivity index is 0.000000360. The molecule has 3 aromatic carbocycles. The number of hydrogen-bond acceptors (Lipinski definition) is 7. The summed E-state index contributed by atoms with van der Waals surface area (Å²) in [4.78, 5) is 32.9. The van der Waals surface area contributed by atoms with Gasteiger partial charge in [-0.3, -0.25) is 9.69 Å². The third kappa shape index (κ3) is 12.1. The predicted molar refractivity (Wildman–Crippen MR) is 156 cm³/mol. The molecule has 3 aromatic rings. The van der Waals surface area contributed by atoms with E-state index in [0.717, 1.165) is 43.9 Å².